The van der Waals surface area contributed by atoms with Gasteiger partial charge in [-0.25, -0.2) is 0 Å². The highest BCUT2D eigenvalue weighted by atomic mass is 35.5. The number of halogens is 1. The molecule has 0 saturated carbocycles. The maximum absolute atomic E-state index is 12.9. The van der Waals surface area contributed by atoms with Crippen LogP contribution in [0, 0.1) is 5.92 Å². The fourth-order valence-electron chi connectivity index (χ4n) is 3.11. The van der Waals surface area contributed by atoms with Crippen LogP contribution in [0.4, 0.5) is 0 Å². The Morgan fingerprint density at radius 3 is 2.25 bits per heavy atom. The molecule has 0 aromatic heterocycles. The van der Waals surface area contributed by atoms with Gasteiger partial charge in [-0.15, -0.1) is 12.4 Å². The molecule has 24 heavy (non-hydrogen) atoms. The standard InChI is InChI=1S/C17H26N2O4.ClH/c1-11-5-6-19(13(7-11)10-18)17(20)12-8-14(21-2)16(23-4)15(9-12)22-3;/h8-9,11,13H,5-7,10,18H2,1-4H3;1H. The lowest BCUT2D eigenvalue weighted by Gasteiger charge is -2.38. The van der Waals surface area contributed by atoms with Crippen LogP contribution in [0.15, 0.2) is 12.1 Å². The van der Waals surface area contributed by atoms with Crippen molar-refractivity contribution in [1.29, 1.82) is 0 Å². The number of hydrogen-bond acceptors (Lipinski definition) is 5. The lowest BCUT2D eigenvalue weighted by atomic mass is 9.92. The van der Waals surface area contributed by atoms with Crippen molar-refractivity contribution in [2.75, 3.05) is 34.4 Å². The number of ether oxygens (including phenoxy) is 3. The van der Waals surface area contributed by atoms with E-state index in [0.29, 0.717) is 35.3 Å². The van der Waals surface area contributed by atoms with Crippen LogP contribution in [0.3, 0.4) is 0 Å². The van der Waals surface area contributed by atoms with E-state index in [-0.39, 0.29) is 24.4 Å². The summed E-state index contributed by atoms with van der Waals surface area (Å²) in [6, 6.07) is 3.45. The molecule has 2 N–H and O–H groups in total. The molecule has 0 aliphatic carbocycles. The lowest BCUT2D eigenvalue weighted by Crippen LogP contribution is -2.49. The number of carbonyl (C=O) groups excluding carboxylic acids is 1. The Bertz CT molecular complexity index is 543. The number of nitrogens with zero attached hydrogens (tertiary/aromatic N) is 1. The number of hydrogen-bond donors (Lipinski definition) is 1. The van der Waals surface area contributed by atoms with Crippen LogP contribution in [0.2, 0.25) is 0 Å². The van der Waals surface area contributed by atoms with Crippen LogP contribution in [0.5, 0.6) is 17.2 Å². The highest BCUT2D eigenvalue weighted by Gasteiger charge is 2.30. The summed E-state index contributed by atoms with van der Waals surface area (Å²) >= 11 is 0. The van der Waals surface area contributed by atoms with E-state index in [0.717, 1.165) is 19.4 Å². The zero-order valence-electron chi connectivity index (χ0n) is 14.7. The molecule has 2 atom stereocenters. The molecule has 0 radical (unpaired) electrons. The third-order valence-electron chi connectivity index (χ3n) is 4.42. The summed E-state index contributed by atoms with van der Waals surface area (Å²) in [5.74, 6) is 1.98. The lowest BCUT2D eigenvalue weighted by molar-refractivity contribution is 0.0573. The van der Waals surface area contributed by atoms with Crippen LogP contribution < -0.4 is 19.9 Å². The molecule has 136 valence electrons. The second-order valence-corrected chi connectivity index (χ2v) is 5.93. The summed E-state index contributed by atoms with van der Waals surface area (Å²) in [4.78, 5) is 14.8. The fraction of sp³-hybridized carbons (Fsp3) is 0.588. The van der Waals surface area contributed by atoms with Crippen LogP contribution in [-0.2, 0) is 0 Å². The molecular formula is C17H27ClN2O4. The highest BCUT2D eigenvalue weighted by molar-refractivity contribution is 5.96. The van der Waals surface area contributed by atoms with E-state index in [4.69, 9.17) is 19.9 Å². The summed E-state index contributed by atoms with van der Waals surface area (Å²) in [5.41, 5.74) is 6.39. The van der Waals surface area contributed by atoms with Gasteiger partial charge in [0.1, 0.15) is 0 Å². The number of piperidine rings is 1. The van der Waals surface area contributed by atoms with Crippen molar-refractivity contribution in [2.45, 2.75) is 25.8 Å². The van der Waals surface area contributed by atoms with Gasteiger partial charge in [0.05, 0.1) is 21.3 Å². The van der Waals surface area contributed by atoms with E-state index in [1.165, 1.54) is 14.2 Å². The Kier molecular flexibility index (Phi) is 7.63. The van der Waals surface area contributed by atoms with Crippen molar-refractivity contribution >= 4 is 18.3 Å². The average molecular weight is 359 g/mol. The van der Waals surface area contributed by atoms with E-state index in [2.05, 4.69) is 6.92 Å². The summed E-state index contributed by atoms with van der Waals surface area (Å²) in [6.45, 7) is 3.39. The Balaban J connectivity index is 0.00000288. The summed E-state index contributed by atoms with van der Waals surface area (Å²) in [5, 5.41) is 0. The highest BCUT2D eigenvalue weighted by Crippen LogP contribution is 2.38. The molecule has 1 amide bonds. The molecule has 0 bridgehead atoms. The van der Waals surface area contributed by atoms with Gasteiger partial charge in [0.15, 0.2) is 11.5 Å². The quantitative estimate of drug-likeness (QED) is 0.874. The summed E-state index contributed by atoms with van der Waals surface area (Å²) in [7, 11) is 4.62. The molecule has 1 saturated heterocycles. The maximum Gasteiger partial charge on any atom is 0.254 e. The van der Waals surface area contributed by atoms with E-state index in [1.807, 2.05) is 4.90 Å². The number of likely N-dealkylation sites (tertiary alicyclic amines) is 1. The van der Waals surface area contributed by atoms with E-state index < -0.39 is 0 Å². The monoisotopic (exact) mass is 358 g/mol. The maximum atomic E-state index is 12.9. The predicted molar refractivity (Wildman–Crippen MR) is 95.6 cm³/mol. The largest absolute Gasteiger partial charge is 0.493 e. The first kappa shape index (κ1) is 20.4. The van der Waals surface area contributed by atoms with Crippen LogP contribution in [0.25, 0.3) is 0 Å². The minimum absolute atomic E-state index is 0. The summed E-state index contributed by atoms with van der Waals surface area (Å²) in [6.07, 6.45) is 1.93. The van der Waals surface area contributed by atoms with E-state index in [9.17, 15) is 4.79 Å². The van der Waals surface area contributed by atoms with Gasteiger partial charge in [0.2, 0.25) is 5.75 Å². The van der Waals surface area contributed by atoms with Gasteiger partial charge in [-0.2, -0.15) is 0 Å². The third-order valence-corrected chi connectivity index (χ3v) is 4.42. The smallest absolute Gasteiger partial charge is 0.254 e. The molecule has 6 nitrogen and oxygen atoms in total. The Hall–Kier alpha value is -1.66. The second kappa shape index (κ2) is 8.99. The van der Waals surface area contributed by atoms with Gasteiger partial charge in [0, 0.05) is 24.7 Å². The Labute approximate surface area is 149 Å². The Morgan fingerprint density at radius 1 is 1.21 bits per heavy atom. The molecule has 0 spiro atoms. The van der Waals surface area contributed by atoms with Crippen molar-refractivity contribution in [1.82, 2.24) is 4.90 Å². The number of rotatable bonds is 5. The third kappa shape index (κ3) is 4.05. The topological polar surface area (TPSA) is 74.0 Å². The molecule has 1 aliphatic rings. The number of methoxy groups -OCH3 is 3. The van der Waals surface area contributed by atoms with Gasteiger partial charge in [-0.05, 0) is 30.9 Å². The first-order chi connectivity index (χ1) is 11.0. The van der Waals surface area contributed by atoms with Crippen molar-refractivity contribution in [3.8, 4) is 17.2 Å². The molecule has 1 aromatic carbocycles. The molecule has 1 heterocycles. The number of carbonyl (C=O) groups is 1. The van der Waals surface area contributed by atoms with Gasteiger partial charge in [-0.1, -0.05) is 6.92 Å². The van der Waals surface area contributed by atoms with Crippen LogP contribution >= 0.6 is 12.4 Å². The summed E-state index contributed by atoms with van der Waals surface area (Å²) < 4.78 is 16.0. The van der Waals surface area contributed by atoms with Crippen LogP contribution in [0.1, 0.15) is 30.1 Å². The Morgan fingerprint density at radius 2 is 1.79 bits per heavy atom. The first-order valence-electron chi connectivity index (χ1n) is 7.86. The number of amides is 1. The number of benzene rings is 1. The molecule has 1 aromatic rings. The molecule has 1 aliphatic heterocycles. The number of nitrogens with two attached hydrogens (primary N) is 1. The molecular weight excluding hydrogens is 332 g/mol. The van der Waals surface area contributed by atoms with Crippen LogP contribution in [-0.4, -0.2) is 51.3 Å². The van der Waals surface area contributed by atoms with Crippen molar-refractivity contribution in [2.24, 2.45) is 11.7 Å². The minimum atomic E-state index is -0.0494. The fourth-order valence-corrected chi connectivity index (χ4v) is 3.11. The van der Waals surface area contributed by atoms with Gasteiger partial charge >= 0.3 is 0 Å². The predicted octanol–water partition coefficient (Wildman–Crippen LogP) is 2.33. The van der Waals surface area contributed by atoms with Gasteiger partial charge in [-0.3, -0.25) is 4.79 Å². The molecule has 2 unspecified atom stereocenters. The first-order valence-corrected chi connectivity index (χ1v) is 7.86. The second-order valence-electron chi connectivity index (χ2n) is 5.93. The van der Waals surface area contributed by atoms with Gasteiger partial charge in [0.25, 0.3) is 5.91 Å². The minimum Gasteiger partial charge on any atom is -0.493 e. The van der Waals surface area contributed by atoms with E-state index in [1.54, 1.807) is 19.2 Å². The average Bonchev–Trinajstić information content (AvgIpc) is 2.59. The van der Waals surface area contributed by atoms with Gasteiger partial charge < -0.3 is 24.8 Å². The zero-order chi connectivity index (χ0) is 17.0. The zero-order valence-corrected chi connectivity index (χ0v) is 15.5. The SMILES string of the molecule is COc1cc(C(=O)N2CCC(C)CC2CN)cc(OC)c1OC.Cl. The molecule has 7 heteroatoms. The molecule has 1 fully saturated rings. The van der Waals surface area contributed by atoms with E-state index >= 15 is 0 Å². The molecule has 2 rings (SSSR count). The van der Waals surface area contributed by atoms with Crippen molar-refractivity contribution < 1.29 is 19.0 Å². The van der Waals surface area contributed by atoms with Crippen molar-refractivity contribution in [3.05, 3.63) is 17.7 Å². The van der Waals surface area contributed by atoms with Crippen molar-refractivity contribution in [3.63, 3.8) is 0 Å². The normalized spacial score (nSPS) is 20.1.